The van der Waals surface area contributed by atoms with E-state index in [1.807, 2.05) is 24.3 Å². The van der Waals surface area contributed by atoms with Gasteiger partial charge in [0.2, 0.25) is 0 Å². The van der Waals surface area contributed by atoms with E-state index in [0.717, 1.165) is 15.6 Å². The summed E-state index contributed by atoms with van der Waals surface area (Å²) >= 11 is 0.310. The molecule has 0 radical (unpaired) electrons. The van der Waals surface area contributed by atoms with Crippen LogP contribution in [-0.4, -0.2) is 24.6 Å². The fraction of sp³-hybridized carbons (Fsp3) is 0. The number of aromatic nitrogens is 1. The molecule has 0 aliphatic rings. The molecule has 0 fully saturated rings. The van der Waals surface area contributed by atoms with Gasteiger partial charge >= 0.3 is 111 Å². The maximum absolute atomic E-state index is 9.21. The van der Waals surface area contributed by atoms with Gasteiger partial charge in [-0.05, 0) is 0 Å². The molecule has 1 heterocycles. The molecule has 3 aromatic rings. The van der Waals surface area contributed by atoms with Gasteiger partial charge in [0.25, 0.3) is 0 Å². The summed E-state index contributed by atoms with van der Waals surface area (Å²) in [5.41, 5.74) is 2.17. The Kier molecular flexibility index (Phi) is 3.01. The van der Waals surface area contributed by atoms with Gasteiger partial charge in [-0.1, -0.05) is 0 Å². The van der Waals surface area contributed by atoms with Gasteiger partial charge < -0.3 is 0 Å². The molecular formula is C15H11NOSe. The van der Waals surface area contributed by atoms with Crippen molar-refractivity contribution in [1.82, 2.24) is 4.98 Å². The van der Waals surface area contributed by atoms with Crippen LogP contribution in [0.5, 0.6) is 5.75 Å². The first-order chi connectivity index (χ1) is 8.81. The van der Waals surface area contributed by atoms with Crippen molar-refractivity contribution < 1.29 is 5.11 Å². The number of hydrogen-bond acceptors (Lipinski definition) is 2. The van der Waals surface area contributed by atoms with Crippen molar-refractivity contribution in [3.8, 4) is 5.75 Å². The number of phenolic OH excluding ortho intramolecular Hbond substituents is 1. The van der Waals surface area contributed by atoms with E-state index in [1.165, 1.54) is 4.26 Å². The molecule has 0 aliphatic carbocycles. The molecule has 0 saturated heterocycles. The number of nitrogens with zero attached hydrogens (tertiary/aromatic N) is 1. The zero-order valence-corrected chi connectivity index (χ0v) is 11.3. The van der Waals surface area contributed by atoms with Crippen molar-refractivity contribution in [2.45, 2.75) is 0 Å². The third-order valence-electron chi connectivity index (χ3n) is 2.62. The molecule has 3 heteroatoms. The average molecular weight is 300 g/mol. The molecule has 88 valence electrons. The van der Waals surface area contributed by atoms with Crippen LogP contribution in [0.4, 0.5) is 0 Å². The second kappa shape index (κ2) is 4.81. The number of phenols is 1. The fourth-order valence-corrected chi connectivity index (χ4v) is 3.54. The van der Waals surface area contributed by atoms with E-state index in [-0.39, 0.29) is 0 Å². The minimum atomic E-state index is 0.294. The van der Waals surface area contributed by atoms with Crippen LogP contribution in [0.15, 0.2) is 48.5 Å². The van der Waals surface area contributed by atoms with Crippen LogP contribution in [-0.2, 0) is 0 Å². The predicted octanol–water partition coefficient (Wildman–Crippen LogP) is 3.17. The van der Waals surface area contributed by atoms with Crippen LogP contribution in [0, 0.1) is 0 Å². The van der Waals surface area contributed by atoms with E-state index in [1.54, 1.807) is 12.1 Å². The van der Waals surface area contributed by atoms with Gasteiger partial charge in [-0.2, -0.15) is 0 Å². The monoisotopic (exact) mass is 301 g/mol. The first-order valence-corrected chi connectivity index (χ1v) is 7.35. The third kappa shape index (κ3) is 2.37. The summed E-state index contributed by atoms with van der Waals surface area (Å²) in [6.45, 7) is 0. The Balaban J connectivity index is 1.89. The third-order valence-corrected chi connectivity index (χ3v) is 4.72. The van der Waals surface area contributed by atoms with Gasteiger partial charge in [0.05, 0.1) is 0 Å². The molecule has 0 atom stereocenters. The van der Waals surface area contributed by atoms with E-state index in [2.05, 4.69) is 29.3 Å². The minimum absolute atomic E-state index is 0.294. The van der Waals surface area contributed by atoms with Crippen LogP contribution >= 0.6 is 0 Å². The maximum atomic E-state index is 9.21. The molecule has 18 heavy (non-hydrogen) atoms. The molecule has 0 bridgehead atoms. The van der Waals surface area contributed by atoms with Crippen molar-refractivity contribution in [3.63, 3.8) is 0 Å². The number of para-hydroxylation sites is 1. The Labute approximate surface area is 111 Å². The SMILES string of the molecule is Oc1ccc(/C=C/c2nc3ccccc3[se]2)cc1. The molecule has 0 aliphatic heterocycles. The van der Waals surface area contributed by atoms with E-state index >= 15 is 0 Å². The molecule has 0 amide bonds. The number of hydrogen-bond donors (Lipinski definition) is 1. The van der Waals surface area contributed by atoms with Crippen LogP contribution in [0.1, 0.15) is 10.1 Å². The number of fused-ring (bicyclic) bond motifs is 1. The molecule has 1 aromatic heterocycles. The number of benzene rings is 2. The second-order valence-corrected chi connectivity index (χ2v) is 6.17. The number of aromatic hydroxyl groups is 1. The first kappa shape index (κ1) is 11.3. The van der Waals surface area contributed by atoms with Crippen LogP contribution < -0.4 is 0 Å². The predicted molar refractivity (Wildman–Crippen MR) is 75.7 cm³/mol. The van der Waals surface area contributed by atoms with Gasteiger partial charge in [0.15, 0.2) is 0 Å². The average Bonchev–Trinajstić information content (AvgIpc) is 2.81. The zero-order chi connectivity index (χ0) is 12.4. The van der Waals surface area contributed by atoms with Crippen molar-refractivity contribution >= 4 is 36.4 Å². The van der Waals surface area contributed by atoms with E-state index in [9.17, 15) is 5.11 Å². The van der Waals surface area contributed by atoms with Crippen molar-refractivity contribution in [2.75, 3.05) is 0 Å². The molecule has 3 rings (SSSR count). The summed E-state index contributed by atoms with van der Waals surface area (Å²) in [6, 6.07) is 15.4. The Hall–Kier alpha value is -1.83. The normalized spacial score (nSPS) is 11.3. The molecule has 0 unspecified atom stereocenters. The van der Waals surface area contributed by atoms with Crippen molar-refractivity contribution in [2.24, 2.45) is 0 Å². The Bertz CT molecular complexity index is 665. The quantitative estimate of drug-likeness (QED) is 0.737. The van der Waals surface area contributed by atoms with Crippen molar-refractivity contribution in [1.29, 1.82) is 0 Å². The zero-order valence-electron chi connectivity index (χ0n) is 9.58. The molecule has 0 spiro atoms. The summed E-state index contributed by atoms with van der Waals surface area (Å²) < 4.78 is 2.48. The summed E-state index contributed by atoms with van der Waals surface area (Å²) in [7, 11) is 0. The van der Waals surface area contributed by atoms with Crippen LogP contribution in [0.2, 0.25) is 0 Å². The van der Waals surface area contributed by atoms with Gasteiger partial charge in [-0.25, -0.2) is 0 Å². The fourth-order valence-electron chi connectivity index (χ4n) is 1.71. The summed E-state index contributed by atoms with van der Waals surface area (Å²) in [5.74, 6) is 0.294. The Morgan fingerprint density at radius 3 is 2.50 bits per heavy atom. The van der Waals surface area contributed by atoms with Gasteiger partial charge in [-0.15, -0.1) is 0 Å². The summed E-state index contributed by atoms with van der Waals surface area (Å²) in [5, 5.41) is 9.21. The van der Waals surface area contributed by atoms with Crippen molar-refractivity contribution in [3.05, 3.63) is 58.7 Å². The topological polar surface area (TPSA) is 33.1 Å². The Morgan fingerprint density at radius 2 is 1.72 bits per heavy atom. The molecule has 2 aromatic carbocycles. The van der Waals surface area contributed by atoms with Gasteiger partial charge in [0, 0.05) is 0 Å². The molecule has 1 N–H and O–H groups in total. The standard InChI is InChI=1S/C15H11NOSe/c17-12-8-5-11(6-9-12)7-10-15-16-13-3-1-2-4-14(13)18-15/h1-10,17H/b10-7+. The van der Waals surface area contributed by atoms with E-state index in [4.69, 9.17) is 0 Å². The second-order valence-electron chi connectivity index (χ2n) is 3.94. The number of rotatable bonds is 2. The van der Waals surface area contributed by atoms with E-state index < -0.39 is 0 Å². The van der Waals surface area contributed by atoms with Crippen LogP contribution in [0.3, 0.4) is 0 Å². The molecular weight excluding hydrogens is 289 g/mol. The van der Waals surface area contributed by atoms with Gasteiger partial charge in [-0.3, -0.25) is 0 Å². The molecule has 2 nitrogen and oxygen atoms in total. The Morgan fingerprint density at radius 1 is 0.944 bits per heavy atom. The molecule has 0 saturated carbocycles. The summed E-state index contributed by atoms with van der Waals surface area (Å²) in [6.07, 6.45) is 4.10. The van der Waals surface area contributed by atoms with Gasteiger partial charge in [0.1, 0.15) is 0 Å². The summed E-state index contributed by atoms with van der Waals surface area (Å²) in [4.78, 5) is 4.59. The first-order valence-electron chi connectivity index (χ1n) is 5.64. The van der Waals surface area contributed by atoms with Crippen LogP contribution in [0.25, 0.3) is 21.9 Å². The van der Waals surface area contributed by atoms with E-state index in [0.29, 0.717) is 20.3 Å².